The summed E-state index contributed by atoms with van der Waals surface area (Å²) < 4.78 is 0. The van der Waals surface area contributed by atoms with E-state index in [0.717, 1.165) is 76.6 Å². The van der Waals surface area contributed by atoms with E-state index in [0.29, 0.717) is 28.8 Å². The average molecular weight is 448 g/mol. The van der Waals surface area contributed by atoms with Crippen molar-refractivity contribution < 1.29 is 9.59 Å². The number of carbonyl (C=O) groups is 2. The third-order valence-corrected chi connectivity index (χ3v) is 8.58. The van der Waals surface area contributed by atoms with Crippen molar-refractivity contribution in [2.75, 3.05) is 26.2 Å². The number of nitrogens with one attached hydrogen (secondary N) is 1. The van der Waals surface area contributed by atoms with Gasteiger partial charge in [0.05, 0.1) is 23.6 Å². The number of allylic oxidation sites excluding steroid dienone is 2. The van der Waals surface area contributed by atoms with Gasteiger partial charge in [0.2, 0.25) is 5.91 Å². The summed E-state index contributed by atoms with van der Waals surface area (Å²) in [5, 5.41) is 0. The molecule has 4 heterocycles. The van der Waals surface area contributed by atoms with Crippen LogP contribution < -0.4 is 0 Å². The lowest BCUT2D eigenvalue weighted by atomic mass is 9.70. The molecule has 2 aliphatic heterocycles. The maximum Gasteiger partial charge on any atom is 0.257 e. The fourth-order valence-corrected chi connectivity index (χ4v) is 6.94. The summed E-state index contributed by atoms with van der Waals surface area (Å²) in [5.74, 6) is 1.82. The summed E-state index contributed by atoms with van der Waals surface area (Å²) in [5.41, 5.74) is 2.05. The van der Waals surface area contributed by atoms with Gasteiger partial charge in [0.25, 0.3) is 5.91 Å². The number of hydrogen-bond donors (Lipinski definition) is 1. The molecule has 6 rings (SSSR count). The third kappa shape index (κ3) is 3.85. The Bertz CT molecular complexity index is 1090. The Labute approximate surface area is 194 Å². The molecule has 2 amide bonds. The minimum atomic E-state index is 0.00564. The molecule has 1 N–H and O–H groups in total. The van der Waals surface area contributed by atoms with Gasteiger partial charge in [-0.15, -0.1) is 0 Å². The lowest BCUT2D eigenvalue weighted by Gasteiger charge is -2.39. The van der Waals surface area contributed by atoms with Gasteiger partial charge in [-0.3, -0.25) is 14.6 Å². The van der Waals surface area contributed by atoms with Gasteiger partial charge in [0.15, 0.2) is 0 Å². The molecule has 4 atom stereocenters. The Morgan fingerprint density at radius 2 is 1.94 bits per heavy atom. The fourth-order valence-electron chi connectivity index (χ4n) is 6.94. The molecular weight excluding hydrogens is 414 g/mol. The molecule has 4 aliphatic rings. The quantitative estimate of drug-likeness (QED) is 0.710. The van der Waals surface area contributed by atoms with Crippen LogP contribution in [-0.4, -0.2) is 62.7 Å². The number of likely N-dealkylation sites (tertiary alicyclic amines) is 2. The van der Waals surface area contributed by atoms with Gasteiger partial charge >= 0.3 is 0 Å². The molecule has 1 spiro atoms. The number of imidazole rings is 1. The standard InChI is InChI=1S/C26H33N5O2/c32-24(20-11-18-4-3-5-19(10-18)12-20)30-8-2-1-6-26(15-30)7-9-31(16-26)25(33)21-13-27-14-22-23(21)29-17-28-22/h3-4,13-14,17-20H,1-2,5-12,15-16H2,(H,28,29)/t18-,19+,20-,26?/m0/s1. The van der Waals surface area contributed by atoms with Crippen molar-refractivity contribution in [3.05, 3.63) is 36.4 Å². The van der Waals surface area contributed by atoms with Crippen molar-refractivity contribution in [1.29, 1.82) is 0 Å². The number of hydrogen-bond acceptors (Lipinski definition) is 4. The number of amides is 2. The molecule has 2 aliphatic carbocycles. The predicted octanol–water partition coefficient (Wildman–Crippen LogP) is 3.80. The van der Waals surface area contributed by atoms with Crippen LogP contribution in [0.5, 0.6) is 0 Å². The highest BCUT2D eigenvalue weighted by molar-refractivity contribution is 6.04. The molecule has 7 nitrogen and oxygen atoms in total. The summed E-state index contributed by atoms with van der Waals surface area (Å²) >= 11 is 0. The van der Waals surface area contributed by atoms with Crippen molar-refractivity contribution in [1.82, 2.24) is 24.8 Å². The third-order valence-electron chi connectivity index (χ3n) is 8.58. The van der Waals surface area contributed by atoms with Crippen LogP contribution in [0.4, 0.5) is 0 Å². The zero-order valence-electron chi connectivity index (χ0n) is 19.2. The smallest absolute Gasteiger partial charge is 0.257 e. The van der Waals surface area contributed by atoms with Crippen LogP contribution in [0.15, 0.2) is 30.9 Å². The van der Waals surface area contributed by atoms with Crippen LogP contribution in [0.25, 0.3) is 11.0 Å². The first-order valence-electron chi connectivity index (χ1n) is 12.6. The molecule has 2 saturated heterocycles. The Morgan fingerprint density at radius 1 is 1.03 bits per heavy atom. The minimum absolute atomic E-state index is 0.00564. The van der Waals surface area contributed by atoms with Crippen LogP contribution >= 0.6 is 0 Å². The Balaban J connectivity index is 1.17. The molecule has 2 aromatic heterocycles. The first-order chi connectivity index (χ1) is 16.1. The van der Waals surface area contributed by atoms with E-state index in [2.05, 4.69) is 32.0 Å². The summed E-state index contributed by atoms with van der Waals surface area (Å²) in [6, 6.07) is 0. The van der Waals surface area contributed by atoms with E-state index in [4.69, 9.17) is 0 Å². The number of carbonyl (C=O) groups excluding carboxylic acids is 2. The molecule has 2 aromatic rings. The van der Waals surface area contributed by atoms with Crippen molar-refractivity contribution in [3.63, 3.8) is 0 Å². The molecule has 0 aromatic carbocycles. The summed E-state index contributed by atoms with van der Waals surface area (Å²) in [7, 11) is 0. The van der Waals surface area contributed by atoms with Gasteiger partial charge < -0.3 is 14.8 Å². The highest BCUT2D eigenvalue weighted by atomic mass is 16.2. The SMILES string of the molecule is O=C(c1cncc2[nH]cnc12)N1CCC2(CCCCN(C(=O)[C@H]3C[C@H]4C=CC[C@H](C4)C3)C2)C1. The molecule has 174 valence electrons. The van der Waals surface area contributed by atoms with Gasteiger partial charge in [-0.2, -0.15) is 0 Å². The fraction of sp³-hybridized carbons (Fsp3) is 0.615. The Kier molecular flexibility index (Phi) is 5.23. The molecule has 7 heteroatoms. The monoisotopic (exact) mass is 447 g/mol. The summed E-state index contributed by atoms with van der Waals surface area (Å²) in [6.07, 6.45) is 18.3. The number of pyridine rings is 1. The van der Waals surface area contributed by atoms with E-state index < -0.39 is 0 Å². The van der Waals surface area contributed by atoms with E-state index in [1.807, 2.05) is 4.90 Å². The molecule has 33 heavy (non-hydrogen) atoms. The van der Waals surface area contributed by atoms with Gasteiger partial charge in [-0.1, -0.05) is 18.6 Å². The largest absolute Gasteiger partial charge is 0.343 e. The van der Waals surface area contributed by atoms with Crippen LogP contribution in [0.1, 0.15) is 61.7 Å². The highest BCUT2D eigenvalue weighted by Gasteiger charge is 2.44. The van der Waals surface area contributed by atoms with Crippen molar-refractivity contribution >= 4 is 22.8 Å². The van der Waals surface area contributed by atoms with Crippen LogP contribution in [-0.2, 0) is 4.79 Å². The maximum atomic E-state index is 13.6. The van der Waals surface area contributed by atoms with E-state index in [9.17, 15) is 9.59 Å². The lowest BCUT2D eigenvalue weighted by Crippen LogP contribution is -2.46. The number of nitrogens with zero attached hydrogens (tertiary/aromatic N) is 4. The number of H-pyrrole nitrogens is 1. The Hall–Kier alpha value is -2.70. The maximum absolute atomic E-state index is 13.6. The summed E-state index contributed by atoms with van der Waals surface area (Å²) in [4.78, 5) is 42.8. The van der Waals surface area contributed by atoms with Gasteiger partial charge in [-0.25, -0.2) is 4.98 Å². The predicted molar refractivity (Wildman–Crippen MR) is 125 cm³/mol. The molecule has 1 unspecified atom stereocenters. The second kappa shape index (κ2) is 8.26. The second-order valence-corrected chi connectivity index (χ2v) is 10.9. The molecule has 3 fully saturated rings. The van der Waals surface area contributed by atoms with E-state index in [1.165, 1.54) is 6.42 Å². The Morgan fingerprint density at radius 3 is 2.85 bits per heavy atom. The number of rotatable bonds is 2. The van der Waals surface area contributed by atoms with Crippen LogP contribution in [0.2, 0.25) is 0 Å². The van der Waals surface area contributed by atoms with Crippen molar-refractivity contribution in [3.8, 4) is 0 Å². The topological polar surface area (TPSA) is 82.2 Å². The molecular formula is C26H33N5O2. The lowest BCUT2D eigenvalue weighted by molar-refractivity contribution is -0.139. The van der Waals surface area contributed by atoms with Crippen LogP contribution in [0, 0.1) is 23.2 Å². The number of aromatic nitrogens is 3. The van der Waals surface area contributed by atoms with Gasteiger partial charge in [0.1, 0.15) is 5.52 Å². The van der Waals surface area contributed by atoms with Gasteiger partial charge in [-0.05, 0) is 56.8 Å². The van der Waals surface area contributed by atoms with Crippen molar-refractivity contribution in [2.45, 2.75) is 51.4 Å². The molecule has 1 saturated carbocycles. The van der Waals surface area contributed by atoms with Crippen LogP contribution in [0.3, 0.4) is 0 Å². The first kappa shape index (κ1) is 20.9. The number of aromatic amines is 1. The average Bonchev–Trinajstić information content (AvgIpc) is 3.41. The number of fused-ring (bicyclic) bond motifs is 3. The highest BCUT2D eigenvalue weighted by Crippen LogP contribution is 2.43. The van der Waals surface area contributed by atoms with Crippen molar-refractivity contribution in [2.24, 2.45) is 23.2 Å². The first-order valence-corrected chi connectivity index (χ1v) is 12.6. The summed E-state index contributed by atoms with van der Waals surface area (Å²) in [6.45, 7) is 3.12. The molecule has 2 bridgehead atoms. The molecule has 0 radical (unpaired) electrons. The minimum Gasteiger partial charge on any atom is -0.343 e. The zero-order chi connectivity index (χ0) is 22.4. The van der Waals surface area contributed by atoms with E-state index in [-0.39, 0.29) is 17.2 Å². The second-order valence-electron chi connectivity index (χ2n) is 10.9. The van der Waals surface area contributed by atoms with E-state index >= 15 is 0 Å². The van der Waals surface area contributed by atoms with E-state index in [1.54, 1.807) is 18.7 Å². The zero-order valence-corrected chi connectivity index (χ0v) is 19.2. The van der Waals surface area contributed by atoms with Gasteiger partial charge in [0, 0.05) is 43.7 Å². The normalized spacial score (nSPS) is 31.8.